The lowest BCUT2D eigenvalue weighted by molar-refractivity contribution is 0.0595. The van der Waals surface area contributed by atoms with Crippen LogP contribution in [0.2, 0.25) is 0 Å². The Balaban J connectivity index is 1.70. The normalized spacial score (nSPS) is 18.0. The third-order valence-electron chi connectivity index (χ3n) is 4.18. The average Bonchev–Trinajstić information content (AvgIpc) is 3.13. The van der Waals surface area contributed by atoms with Crippen molar-refractivity contribution in [2.75, 3.05) is 0 Å². The van der Waals surface area contributed by atoms with Crippen LogP contribution in [0.5, 0.6) is 0 Å². The van der Waals surface area contributed by atoms with Crippen LogP contribution < -0.4 is 0 Å². The number of rotatable bonds is 2. The summed E-state index contributed by atoms with van der Waals surface area (Å²) in [4.78, 5) is 32.3. The van der Waals surface area contributed by atoms with Gasteiger partial charge >= 0.3 is 0 Å². The molecule has 4 nitrogen and oxygen atoms in total. The van der Waals surface area contributed by atoms with Crippen molar-refractivity contribution < 1.29 is 9.59 Å². The lowest BCUT2D eigenvalue weighted by atomic mass is 10.1. The highest BCUT2D eigenvalue weighted by Crippen LogP contribution is 2.36. The molecule has 5 heteroatoms. The Bertz CT molecular complexity index is 709. The molecule has 0 saturated carbocycles. The van der Waals surface area contributed by atoms with Crippen LogP contribution in [0.1, 0.15) is 55.7 Å². The molecule has 1 aliphatic carbocycles. The molecule has 1 aromatic heterocycles. The van der Waals surface area contributed by atoms with Crippen LogP contribution in [0.4, 0.5) is 0 Å². The van der Waals surface area contributed by atoms with Gasteiger partial charge in [0.25, 0.3) is 11.8 Å². The zero-order chi connectivity index (χ0) is 14.6. The fourth-order valence-electron chi connectivity index (χ4n) is 3.06. The molecule has 1 unspecified atom stereocenters. The monoisotopic (exact) mass is 298 g/mol. The second-order valence-corrected chi connectivity index (χ2v) is 6.59. The Morgan fingerprint density at radius 3 is 2.43 bits per heavy atom. The first-order valence-corrected chi connectivity index (χ1v) is 7.94. The third-order valence-corrected chi connectivity index (χ3v) is 5.51. The fourth-order valence-corrected chi connectivity index (χ4v) is 4.26. The molecule has 2 amide bonds. The molecular formula is C16H14N2O2S. The lowest BCUT2D eigenvalue weighted by Gasteiger charge is -2.20. The molecule has 1 atom stereocenters. The molecule has 2 aromatic rings. The van der Waals surface area contributed by atoms with Gasteiger partial charge in [-0.05, 0) is 38.3 Å². The van der Waals surface area contributed by atoms with E-state index < -0.39 is 0 Å². The molecule has 0 bridgehead atoms. The van der Waals surface area contributed by atoms with Gasteiger partial charge in [0, 0.05) is 4.88 Å². The Kier molecular flexibility index (Phi) is 2.72. The highest BCUT2D eigenvalue weighted by molar-refractivity contribution is 7.11. The van der Waals surface area contributed by atoms with Crippen LogP contribution >= 0.6 is 11.3 Å². The minimum atomic E-state index is -0.298. The summed E-state index contributed by atoms with van der Waals surface area (Å²) in [6, 6.07) is 6.70. The average molecular weight is 298 g/mol. The van der Waals surface area contributed by atoms with Gasteiger partial charge in [0.1, 0.15) is 5.01 Å². The van der Waals surface area contributed by atoms with E-state index in [1.807, 2.05) is 6.92 Å². The van der Waals surface area contributed by atoms with E-state index >= 15 is 0 Å². The van der Waals surface area contributed by atoms with Crippen LogP contribution in [0.3, 0.4) is 0 Å². The van der Waals surface area contributed by atoms with E-state index in [0.717, 1.165) is 30.0 Å². The molecule has 0 fully saturated rings. The molecule has 0 radical (unpaired) electrons. The highest BCUT2D eigenvalue weighted by atomic mass is 32.1. The summed E-state index contributed by atoms with van der Waals surface area (Å²) < 4.78 is 0. The topological polar surface area (TPSA) is 50.3 Å². The SMILES string of the molecule is CC(c1nc2c(s1)CCC2)N1C(=O)c2ccccc2C1=O. The maximum Gasteiger partial charge on any atom is 0.262 e. The number of nitrogens with zero attached hydrogens (tertiary/aromatic N) is 2. The fraction of sp³-hybridized carbons (Fsp3) is 0.312. The van der Waals surface area contributed by atoms with Gasteiger partial charge in [-0.15, -0.1) is 11.3 Å². The number of hydrogen-bond donors (Lipinski definition) is 0. The maximum atomic E-state index is 12.5. The van der Waals surface area contributed by atoms with Gasteiger partial charge in [-0.2, -0.15) is 0 Å². The van der Waals surface area contributed by atoms with Crippen LogP contribution in [-0.2, 0) is 12.8 Å². The van der Waals surface area contributed by atoms with Crippen LogP contribution in [0.15, 0.2) is 24.3 Å². The Morgan fingerprint density at radius 2 is 1.81 bits per heavy atom. The number of imide groups is 1. The quantitative estimate of drug-likeness (QED) is 0.801. The van der Waals surface area contributed by atoms with Crippen LogP contribution in [0, 0.1) is 0 Å². The molecule has 0 spiro atoms. The van der Waals surface area contributed by atoms with E-state index in [1.165, 1.54) is 9.78 Å². The molecule has 21 heavy (non-hydrogen) atoms. The Morgan fingerprint density at radius 1 is 1.14 bits per heavy atom. The van der Waals surface area contributed by atoms with Crippen LogP contribution in [-0.4, -0.2) is 21.7 Å². The van der Waals surface area contributed by atoms with Gasteiger partial charge in [0.2, 0.25) is 0 Å². The van der Waals surface area contributed by atoms with E-state index in [9.17, 15) is 9.59 Å². The second kappa shape index (κ2) is 4.49. The number of carbonyl (C=O) groups is 2. The Hall–Kier alpha value is -2.01. The number of hydrogen-bond acceptors (Lipinski definition) is 4. The first-order valence-electron chi connectivity index (χ1n) is 7.12. The van der Waals surface area contributed by atoms with E-state index in [4.69, 9.17) is 0 Å². The smallest absolute Gasteiger partial charge is 0.262 e. The summed E-state index contributed by atoms with van der Waals surface area (Å²) in [7, 11) is 0. The van der Waals surface area contributed by atoms with Crippen molar-refractivity contribution in [3.8, 4) is 0 Å². The van der Waals surface area contributed by atoms with Gasteiger partial charge < -0.3 is 0 Å². The summed E-state index contributed by atoms with van der Waals surface area (Å²) in [5.74, 6) is -0.420. The Labute approximate surface area is 126 Å². The summed E-state index contributed by atoms with van der Waals surface area (Å²) in [5, 5.41) is 0.870. The summed E-state index contributed by atoms with van der Waals surface area (Å²) in [6.07, 6.45) is 3.25. The van der Waals surface area contributed by atoms with Crippen molar-refractivity contribution in [2.45, 2.75) is 32.2 Å². The number of aryl methyl sites for hydroxylation is 2. The summed E-state index contributed by atoms with van der Waals surface area (Å²) in [6.45, 7) is 1.88. The number of carbonyl (C=O) groups excluding carboxylic acids is 2. The number of benzene rings is 1. The van der Waals surface area contributed by atoms with Gasteiger partial charge in [0.05, 0.1) is 22.9 Å². The lowest BCUT2D eigenvalue weighted by Crippen LogP contribution is -2.32. The van der Waals surface area contributed by atoms with Gasteiger partial charge in [0.15, 0.2) is 0 Å². The zero-order valence-electron chi connectivity index (χ0n) is 11.6. The molecule has 0 N–H and O–H groups in total. The standard InChI is InChI=1S/C16H14N2O2S/c1-9(14-17-12-7-4-8-13(12)21-14)18-15(19)10-5-2-3-6-11(10)16(18)20/h2-3,5-6,9H,4,7-8H2,1H3. The first-order chi connectivity index (χ1) is 10.2. The van der Waals surface area contributed by atoms with E-state index in [2.05, 4.69) is 4.98 Å². The minimum Gasteiger partial charge on any atom is -0.269 e. The van der Waals surface area contributed by atoms with Gasteiger partial charge in [-0.25, -0.2) is 4.98 Å². The molecule has 2 heterocycles. The molecule has 106 valence electrons. The second-order valence-electron chi connectivity index (χ2n) is 5.48. The number of fused-ring (bicyclic) bond motifs is 2. The molecule has 4 rings (SSSR count). The maximum absolute atomic E-state index is 12.5. The highest BCUT2D eigenvalue weighted by Gasteiger charge is 2.39. The van der Waals surface area contributed by atoms with E-state index in [1.54, 1.807) is 35.6 Å². The predicted molar refractivity (Wildman–Crippen MR) is 79.5 cm³/mol. The minimum absolute atomic E-state index is 0.210. The predicted octanol–water partition coefficient (Wildman–Crippen LogP) is 2.99. The molecule has 0 saturated heterocycles. The van der Waals surface area contributed by atoms with Crippen molar-refractivity contribution in [3.05, 3.63) is 51.0 Å². The summed E-state index contributed by atoms with van der Waals surface area (Å²) >= 11 is 1.64. The zero-order valence-corrected chi connectivity index (χ0v) is 12.4. The van der Waals surface area contributed by atoms with Crippen molar-refractivity contribution in [2.24, 2.45) is 0 Å². The van der Waals surface area contributed by atoms with Crippen molar-refractivity contribution in [1.82, 2.24) is 9.88 Å². The molecule has 1 aromatic carbocycles. The van der Waals surface area contributed by atoms with Crippen LogP contribution in [0.25, 0.3) is 0 Å². The third kappa shape index (κ3) is 1.77. The van der Waals surface area contributed by atoms with Crippen molar-refractivity contribution in [3.63, 3.8) is 0 Å². The summed E-state index contributed by atoms with van der Waals surface area (Å²) in [5.41, 5.74) is 2.15. The molecular weight excluding hydrogens is 284 g/mol. The number of aromatic nitrogens is 1. The first kappa shape index (κ1) is 12.7. The van der Waals surface area contributed by atoms with E-state index in [0.29, 0.717) is 11.1 Å². The van der Waals surface area contributed by atoms with Crippen molar-refractivity contribution in [1.29, 1.82) is 0 Å². The molecule has 1 aliphatic heterocycles. The van der Waals surface area contributed by atoms with E-state index in [-0.39, 0.29) is 17.9 Å². The van der Waals surface area contributed by atoms with Gasteiger partial charge in [-0.1, -0.05) is 12.1 Å². The number of thiazole rings is 1. The molecule has 2 aliphatic rings. The largest absolute Gasteiger partial charge is 0.269 e. The van der Waals surface area contributed by atoms with Gasteiger partial charge in [-0.3, -0.25) is 14.5 Å². The van der Waals surface area contributed by atoms with Crippen molar-refractivity contribution >= 4 is 23.2 Å². The number of amides is 2.